The summed E-state index contributed by atoms with van der Waals surface area (Å²) in [5, 5.41) is 16.4. The minimum absolute atomic E-state index is 0.0426. The molecule has 17 heavy (non-hydrogen) atoms. The predicted octanol–water partition coefficient (Wildman–Crippen LogP) is 1.36. The molecule has 6 nitrogen and oxygen atoms in total. The fourth-order valence-electron chi connectivity index (χ4n) is 1.53. The Morgan fingerprint density at radius 3 is 2.76 bits per heavy atom. The first kappa shape index (κ1) is 13.6. The minimum Gasteiger partial charge on any atom is -0.476 e. The van der Waals surface area contributed by atoms with Crippen LogP contribution in [-0.2, 0) is 17.7 Å². The molecule has 0 aromatic carbocycles. The van der Waals surface area contributed by atoms with E-state index in [4.69, 9.17) is 9.84 Å². The van der Waals surface area contributed by atoms with Crippen LogP contribution >= 0.6 is 0 Å². The third kappa shape index (κ3) is 3.81. The number of aromatic nitrogens is 3. The summed E-state index contributed by atoms with van der Waals surface area (Å²) < 4.78 is 7.02. The highest BCUT2D eigenvalue weighted by Gasteiger charge is 2.16. The second-order valence-electron chi connectivity index (χ2n) is 3.73. The number of unbranched alkanes of at least 4 members (excludes halogenated alkanes) is 1. The van der Waals surface area contributed by atoms with Gasteiger partial charge in [-0.25, -0.2) is 9.48 Å². The molecule has 0 radical (unpaired) electrons. The first-order chi connectivity index (χ1) is 8.20. The van der Waals surface area contributed by atoms with E-state index in [1.807, 2.05) is 6.92 Å². The highest BCUT2D eigenvalue weighted by atomic mass is 16.5. The van der Waals surface area contributed by atoms with Gasteiger partial charge in [-0.3, -0.25) is 0 Å². The Bertz CT molecular complexity index is 363. The zero-order valence-corrected chi connectivity index (χ0v) is 10.3. The van der Waals surface area contributed by atoms with Crippen molar-refractivity contribution in [3.8, 4) is 0 Å². The van der Waals surface area contributed by atoms with Crippen LogP contribution < -0.4 is 0 Å². The van der Waals surface area contributed by atoms with Crippen LogP contribution in [0.5, 0.6) is 0 Å². The van der Waals surface area contributed by atoms with Crippen molar-refractivity contribution in [2.24, 2.45) is 0 Å². The average molecular weight is 241 g/mol. The number of hydrogen-bond acceptors (Lipinski definition) is 4. The van der Waals surface area contributed by atoms with E-state index in [2.05, 4.69) is 17.2 Å². The highest BCUT2D eigenvalue weighted by molar-refractivity contribution is 5.86. The maximum atomic E-state index is 10.9. The standard InChI is InChI=1S/C11H19N3O3/c1-3-5-7-17-8-6-14-9(4-2)10(11(15)16)12-13-14/h3-8H2,1-2H3,(H,15,16). The lowest BCUT2D eigenvalue weighted by molar-refractivity contribution is 0.0689. The summed E-state index contributed by atoms with van der Waals surface area (Å²) in [5.74, 6) is -1.03. The Morgan fingerprint density at radius 2 is 2.18 bits per heavy atom. The quantitative estimate of drug-likeness (QED) is 0.695. The van der Waals surface area contributed by atoms with Gasteiger partial charge in [0.25, 0.3) is 0 Å². The number of ether oxygens (including phenoxy) is 1. The Labute approximate surface area is 101 Å². The predicted molar refractivity (Wildman–Crippen MR) is 62.1 cm³/mol. The van der Waals surface area contributed by atoms with Crippen LogP contribution in [0.15, 0.2) is 0 Å². The lowest BCUT2D eigenvalue weighted by Gasteiger charge is -2.05. The van der Waals surface area contributed by atoms with Crippen LogP contribution in [0, 0.1) is 0 Å². The summed E-state index contributed by atoms with van der Waals surface area (Å²) in [5.41, 5.74) is 0.692. The molecule has 0 aliphatic heterocycles. The Morgan fingerprint density at radius 1 is 1.41 bits per heavy atom. The fourth-order valence-corrected chi connectivity index (χ4v) is 1.53. The number of carbonyl (C=O) groups is 1. The van der Waals surface area contributed by atoms with Crippen molar-refractivity contribution in [1.82, 2.24) is 15.0 Å². The van der Waals surface area contributed by atoms with Crippen LogP contribution in [-0.4, -0.2) is 39.3 Å². The number of nitrogens with zero attached hydrogens (tertiary/aromatic N) is 3. The van der Waals surface area contributed by atoms with Crippen molar-refractivity contribution in [2.45, 2.75) is 39.7 Å². The third-order valence-corrected chi connectivity index (χ3v) is 2.46. The van der Waals surface area contributed by atoms with E-state index in [-0.39, 0.29) is 5.69 Å². The topological polar surface area (TPSA) is 77.2 Å². The van der Waals surface area contributed by atoms with E-state index >= 15 is 0 Å². The van der Waals surface area contributed by atoms with Gasteiger partial charge in [-0.1, -0.05) is 25.5 Å². The molecule has 1 aromatic rings. The molecule has 0 unspecified atom stereocenters. The van der Waals surface area contributed by atoms with Crippen LogP contribution in [0.2, 0.25) is 0 Å². The van der Waals surface area contributed by atoms with Gasteiger partial charge in [0, 0.05) is 6.61 Å². The second kappa shape index (κ2) is 7.01. The summed E-state index contributed by atoms with van der Waals surface area (Å²) in [7, 11) is 0. The van der Waals surface area contributed by atoms with Gasteiger partial charge in [0.15, 0.2) is 5.69 Å². The Kier molecular flexibility index (Phi) is 5.62. The lowest BCUT2D eigenvalue weighted by atomic mass is 10.2. The zero-order chi connectivity index (χ0) is 12.7. The normalized spacial score (nSPS) is 10.7. The molecule has 0 atom stereocenters. The lowest BCUT2D eigenvalue weighted by Crippen LogP contribution is -2.12. The number of hydrogen-bond donors (Lipinski definition) is 1. The van der Waals surface area contributed by atoms with Crippen LogP contribution in [0.25, 0.3) is 0 Å². The molecule has 1 aromatic heterocycles. The first-order valence-corrected chi connectivity index (χ1v) is 5.94. The van der Waals surface area contributed by atoms with Gasteiger partial charge >= 0.3 is 5.97 Å². The smallest absolute Gasteiger partial charge is 0.358 e. The van der Waals surface area contributed by atoms with Crippen molar-refractivity contribution in [1.29, 1.82) is 0 Å². The number of carboxylic acid groups (broad SMARTS) is 1. The second-order valence-corrected chi connectivity index (χ2v) is 3.73. The van der Waals surface area contributed by atoms with Gasteiger partial charge in [-0.05, 0) is 12.8 Å². The van der Waals surface area contributed by atoms with Crippen molar-refractivity contribution >= 4 is 5.97 Å². The van der Waals surface area contributed by atoms with Gasteiger partial charge < -0.3 is 9.84 Å². The summed E-state index contributed by atoms with van der Waals surface area (Å²) in [6.07, 6.45) is 2.74. The van der Waals surface area contributed by atoms with E-state index in [0.717, 1.165) is 19.4 Å². The molecule has 0 amide bonds. The number of rotatable bonds is 8. The molecule has 0 fully saturated rings. The molecule has 96 valence electrons. The minimum atomic E-state index is -1.03. The molecule has 0 spiro atoms. The SMILES string of the molecule is CCCCOCCn1nnc(C(=O)O)c1CC. The molecule has 6 heteroatoms. The van der Waals surface area contributed by atoms with Crippen molar-refractivity contribution in [3.05, 3.63) is 11.4 Å². The van der Waals surface area contributed by atoms with E-state index in [1.54, 1.807) is 4.68 Å². The molecule has 0 saturated carbocycles. The molecule has 1 rings (SSSR count). The molecule has 0 saturated heterocycles. The Balaban J connectivity index is 2.50. The van der Waals surface area contributed by atoms with Gasteiger partial charge in [0.2, 0.25) is 0 Å². The highest BCUT2D eigenvalue weighted by Crippen LogP contribution is 2.06. The van der Waals surface area contributed by atoms with Crippen molar-refractivity contribution in [3.63, 3.8) is 0 Å². The zero-order valence-electron chi connectivity index (χ0n) is 10.3. The van der Waals surface area contributed by atoms with Gasteiger partial charge in [0.1, 0.15) is 0 Å². The molecule has 1 heterocycles. The van der Waals surface area contributed by atoms with Crippen molar-refractivity contribution < 1.29 is 14.6 Å². The monoisotopic (exact) mass is 241 g/mol. The van der Waals surface area contributed by atoms with E-state index in [1.165, 1.54) is 0 Å². The van der Waals surface area contributed by atoms with Crippen LogP contribution in [0.3, 0.4) is 0 Å². The largest absolute Gasteiger partial charge is 0.476 e. The molecular weight excluding hydrogens is 222 g/mol. The van der Waals surface area contributed by atoms with Crippen LogP contribution in [0.4, 0.5) is 0 Å². The molecule has 0 aliphatic rings. The maximum Gasteiger partial charge on any atom is 0.358 e. The summed E-state index contributed by atoms with van der Waals surface area (Å²) in [6.45, 7) is 5.82. The number of aromatic carboxylic acids is 1. The Hall–Kier alpha value is -1.43. The first-order valence-electron chi connectivity index (χ1n) is 5.94. The third-order valence-electron chi connectivity index (χ3n) is 2.46. The number of carboxylic acids is 1. The maximum absolute atomic E-state index is 10.9. The summed E-state index contributed by atoms with van der Waals surface area (Å²) in [4.78, 5) is 10.9. The van der Waals surface area contributed by atoms with Crippen molar-refractivity contribution in [2.75, 3.05) is 13.2 Å². The molecule has 0 bridgehead atoms. The van der Waals surface area contributed by atoms with E-state index in [0.29, 0.717) is 25.3 Å². The van der Waals surface area contributed by atoms with E-state index < -0.39 is 5.97 Å². The molecule has 1 N–H and O–H groups in total. The molecule has 0 aliphatic carbocycles. The van der Waals surface area contributed by atoms with Gasteiger partial charge in [-0.2, -0.15) is 0 Å². The van der Waals surface area contributed by atoms with Gasteiger partial charge in [0.05, 0.1) is 18.8 Å². The van der Waals surface area contributed by atoms with Crippen LogP contribution in [0.1, 0.15) is 42.9 Å². The summed E-state index contributed by atoms with van der Waals surface area (Å²) in [6, 6.07) is 0. The van der Waals surface area contributed by atoms with E-state index in [9.17, 15) is 4.79 Å². The summed E-state index contributed by atoms with van der Waals surface area (Å²) >= 11 is 0. The average Bonchev–Trinajstić information content (AvgIpc) is 2.71. The molecular formula is C11H19N3O3. The van der Waals surface area contributed by atoms with Gasteiger partial charge in [-0.15, -0.1) is 5.10 Å². The fraction of sp³-hybridized carbons (Fsp3) is 0.727.